The largest absolute Gasteiger partial charge is 0.444 e. The summed E-state index contributed by atoms with van der Waals surface area (Å²) in [7, 11) is 1.80. The predicted molar refractivity (Wildman–Crippen MR) is 150 cm³/mol. The summed E-state index contributed by atoms with van der Waals surface area (Å²) in [5, 5.41) is 27.0. The molecule has 5 rings (SSSR count). The molecule has 0 unspecified atom stereocenters. The van der Waals surface area contributed by atoms with Gasteiger partial charge in [0.25, 0.3) is 5.56 Å². The second-order valence-corrected chi connectivity index (χ2v) is 10.5. The standard InChI is InChI=1S/C29H25ClN6O3/c1-29(2,3)39-28(38)32-15-25-20-11-16(9-10-19(20)27(37)35-34-25)23-14-33-36(4)26(23)21-12-24(30)18-8-6-5-7-17(18)22(21)13-31/h5-12,14H,15H2,1-4H3,(H,32,38)(H,35,37). The number of nitrogens with one attached hydrogen (secondary N) is 2. The number of fused-ring (bicyclic) bond motifs is 2. The Morgan fingerprint density at radius 2 is 1.85 bits per heavy atom. The highest BCUT2D eigenvalue weighted by atomic mass is 35.5. The van der Waals surface area contributed by atoms with Gasteiger partial charge in [-0.05, 0) is 44.5 Å². The number of hydrogen-bond donors (Lipinski definition) is 2. The number of carbonyl (C=O) groups excluding carboxylic acids is 1. The van der Waals surface area contributed by atoms with Gasteiger partial charge in [0, 0.05) is 39.4 Å². The maximum atomic E-state index is 12.5. The zero-order chi connectivity index (χ0) is 27.9. The van der Waals surface area contributed by atoms with Crippen LogP contribution in [0.4, 0.5) is 4.79 Å². The molecule has 5 aromatic rings. The van der Waals surface area contributed by atoms with Gasteiger partial charge in [0.15, 0.2) is 0 Å². The lowest BCUT2D eigenvalue weighted by Crippen LogP contribution is -2.32. The number of nitriles is 1. The molecule has 0 saturated carbocycles. The van der Waals surface area contributed by atoms with Crippen LogP contribution in [-0.4, -0.2) is 31.7 Å². The third-order valence-corrected chi connectivity index (χ3v) is 6.59. The minimum absolute atomic E-state index is 0.0460. The van der Waals surface area contributed by atoms with Crippen molar-refractivity contribution >= 4 is 39.2 Å². The zero-order valence-corrected chi connectivity index (χ0v) is 22.6. The quantitative estimate of drug-likeness (QED) is 0.301. The summed E-state index contributed by atoms with van der Waals surface area (Å²) in [5.74, 6) is 0. The second kappa shape index (κ2) is 9.89. The van der Waals surface area contributed by atoms with Gasteiger partial charge in [-0.25, -0.2) is 9.89 Å². The first-order valence-corrected chi connectivity index (χ1v) is 12.6. The number of nitrogens with zero attached hydrogens (tertiary/aromatic N) is 4. The van der Waals surface area contributed by atoms with Gasteiger partial charge in [-0.2, -0.15) is 15.5 Å². The lowest BCUT2D eigenvalue weighted by atomic mass is 9.93. The van der Waals surface area contributed by atoms with Crippen LogP contribution in [0.25, 0.3) is 43.9 Å². The maximum absolute atomic E-state index is 12.5. The molecule has 2 heterocycles. The van der Waals surface area contributed by atoms with Crippen molar-refractivity contribution in [2.45, 2.75) is 32.9 Å². The van der Waals surface area contributed by atoms with E-state index in [2.05, 4.69) is 26.7 Å². The third kappa shape index (κ3) is 4.94. The topological polar surface area (TPSA) is 126 Å². The van der Waals surface area contributed by atoms with Crippen LogP contribution in [0, 0.1) is 11.3 Å². The van der Waals surface area contributed by atoms with Crippen molar-refractivity contribution in [3.8, 4) is 28.5 Å². The van der Waals surface area contributed by atoms with Crippen LogP contribution in [0.5, 0.6) is 0 Å². The van der Waals surface area contributed by atoms with Crippen molar-refractivity contribution in [3.05, 3.63) is 81.4 Å². The molecule has 2 N–H and O–H groups in total. The molecule has 0 radical (unpaired) electrons. The van der Waals surface area contributed by atoms with Crippen LogP contribution < -0.4 is 10.9 Å². The van der Waals surface area contributed by atoms with E-state index >= 15 is 0 Å². The summed E-state index contributed by atoms with van der Waals surface area (Å²) >= 11 is 6.65. The molecule has 2 aromatic heterocycles. The van der Waals surface area contributed by atoms with Crippen molar-refractivity contribution in [1.82, 2.24) is 25.3 Å². The van der Waals surface area contributed by atoms with Gasteiger partial charge in [0.2, 0.25) is 0 Å². The van der Waals surface area contributed by atoms with Crippen molar-refractivity contribution in [3.63, 3.8) is 0 Å². The molecule has 0 atom stereocenters. The molecule has 0 saturated heterocycles. The van der Waals surface area contributed by atoms with Crippen molar-refractivity contribution < 1.29 is 9.53 Å². The molecular weight excluding hydrogens is 516 g/mol. The molecule has 0 aliphatic carbocycles. The first-order valence-electron chi connectivity index (χ1n) is 12.2. The molecule has 0 bridgehead atoms. The van der Waals surface area contributed by atoms with E-state index in [1.807, 2.05) is 36.4 Å². The molecule has 39 heavy (non-hydrogen) atoms. The normalized spacial score (nSPS) is 11.5. The number of hydrogen-bond acceptors (Lipinski definition) is 6. The van der Waals surface area contributed by atoms with E-state index in [0.717, 1.165) is 21.9 Å². The molecule has 0 fully saturated rings. The summed E-state index contributed by atoms with van der Waals surface area (Å²) in [4.78, 5) is 24.8. The predicted octanol–water partition coefficient (Wildman–Crippen LogP) is 5.69. The van der Waals surface area contributed by atoms with Crippen molar-refractivity contribution in [2.75, 3.05) is 0 Å². The summed E-state index contributed by atoms with van der Waals surface area (Å²) in [6, 6.07) is 17.0. The van der Waals surface area contributed by atoms with Crippen molar-refractivity contribution in [1.29, 1.82) is 5.26 Å². The van der Waals surface area contributed by atoms with E-state index in [9.17, 15) is 14.9 Å². The summed E-state index contributed by atoms with van der Waals surface area (Å²) in [6.45, 7) is 5.37. The molecule has 196 valence electrons. The van der Waals surface area contributed by atoms with Gasteiger partial charge in [-0.15, -0.1) is 0 Å². The molecule has 0 spiro atoms. The number of benzene rings is 3. The first-order chi connectivity index (χ1) is 18.6. The average molecular weight is 541 g/mol. The van der Waals surface area contributed by atoms with Crippen LogP contribution in [0.3, 0.4) is 0 Å². The molecular formula is C29H25ClN6O3. The fourth-order valence-electron chi connectivity index (χ4n) is 4.60. The average Bonchev–Trinajstić information content (AvgIpc) is 3.28. The number of alkyl carbamates (subject to hydrolysis) is 1. The Bertz CT molecular complexity index is 1860. The molecule has 9 nitrogen and oxygen atoms in total. The van der Waals surface area contributed by atoms with Gasteiger partial charge in [-0.3, -0.25) is 9.48 Å². The highest BCUT2D eigenvalue weighted by Gasteiger charge is 2.21. The Morgan fingerprint density at radius 1 is 1.10 bits per heavy atom. The number of aryl methyl sites for hydroxylation is 1. The van der Waals surface area contributed by atoms with Crippen LogP contribution in [0.15, 0.2) is 59.5 Å². The fraction of sp³-hybridized carbons (Fsp3) is 0.207. The molecule has 3 aromatic carbocycles. The number of rotatable bonds is 4. The highest BCUT2D eigenvalue weighted by Crippen LogP contribution is 2.39. The van der Waals surface area contributed by atoms with Gasteiger partial charge in [-0.1, -0.05) is 41.9 Å². The monoisotopic (exact) mass is 540 g/mol. The number of amides is 1. The van der Waals surface area contributed by atoms with Gasteiger partial charge < -0.3 is 10.1 Å². The second-order valence-electron chi connectivity index (χ2n) is 10.1. The van der Waals surface area contributed by atoms with Crippen LogP contribution in [-0.2, 0) is 18.3 Å². The first kappa shape index (κ1) is 25.9. The lowest BCUT2D eigenvalue weighted by Gasteiger charge is -2.19. The number of H-pyrrole nitrogens is 1. The van der Waals surface area contributed by atoms with E-state index in [0.29, 0.717) is 38.3 Å². The van der Waals surface area contributed by atoms with E-state index in [-0.39, 0.29) is 12.1 Å². The smallest absolute Gasteiger partial charge is 0.407 e. The van der Waals surface area contributed by atoms with Crippen LogP contribution >= 0.6 is 11.6 Å². The van der Waals surface area contributed by atoms with Crippen LogP contribution in [0.2, 0.25) is 5.02 Å². The van der Waals surface area contributed by atoms with Gasteiger partial charge in [0.05, 0.1) is 35.1 Å². The Kier molecular flexibility index (Phi) is 6.58. The fourth-order valence-corrected chi connectivity index (χ4v) is 4.87. The number of aromatic nitrogens is 4. The zero-order valence-electron chi connectivity index (χ0n) is 21.8. The van der Waals surface area contributed by atoms with E-state index in [4.69, 9.17) is 16.3 Å². The van der Waals surface area contributed by atoms with Gasteiger partial charge >= 0.3 is 6.09 Å². The number of ether oxygens (including phenoxy) is 1. The molecule has 10 heteroatoms. The molecule has 1 amide bonds. The summed E-state index contributed by atoms with van der Waals surface area (Å²) < 4.78 is 7.02. The Labute approximate surface area is 229 Å². The number of halogens is 1. The maximum Gasteiger partial charge on any atom is 0.407 e. The summed E-state index contributed by atoms with van der Waals surface area (Å²) in [6.07, 6.45) is 1.12. The minimum atomic E-state index is -0.650. The van der Waals surface area contributed by atoms with Crippen molar-refractivity contribution in [2.24, 2.45) is 7.05 Å². The Balaban J connectivity index is 1.63. The van der Waals surface area contributed by atoms with Gasteiger partial charge in [0.1, 0.15) is 11.7 Å². The Hall–Kier alpha value is -4.68. The SMILES string of the molecule is Cn1ncc(-c2ccc3c(=O)[nH]nc(CNC(=O)OC(C)(C)C)c3c2)c1-c1cc(Cl)c2ccccc2c1C#N. The van der Waals surface area contributed by atoms with E-state index in [1.54, 1.807) is 50.8 Å². The Morgan fingerprint density at radius 3 is 2.56 bits per heavy atom. The molecule has 0 aliphatic heterocycles. The number of aromatic amines is 1. The molecule has 0 aliphatic rings. The highest BCUT2D eigenvalue weighted by molar-refractivity contribution is 6.36. The minimum Gasteiger partial charge on any atom is -0.444 e. The van der Waals surface area contributed by atoms with Crippen LogP contribution in [0.1, 0.15) is 32.0 Å². The van der Waals surface area contributed by atoms with E-state index < -0.39 is 11.7 Å². The summed E-state index contributed by atoms with van der Waals surface area (Å²) in [5.41, 5.74) is 2.80. The number of carbonyl (C=O) groups is 1. The van der Waals surface area contributed by atoms with E-state index in [1.165, 1.54) is 0 Å². The third-order valence-electron chi connectivity index (χ3n) is 6.28. The lowest BCUT2D eigenvalue weighted by molar-refractivity contribution is 0.0523.